The van der Waals surface area contributed by atoms with Gasteiger partial charge in [0.05, 0.1) is 22.9 Å². The summed E-state index contributed by atoms with van der Waals surface area (Å²) < 4.78 is 5.55. The Balaban J connectivity index is 1.64. The van der Waals surface area contributed by atoms with Crippen LogP contribution in [0, 0.1) is 16.7 Å². The molecule has 2 aliphatic rings. The van der Waals surface area contributed by atoms with Gasteiger partial charge in [-0.15, -0.1) is 0 Å². The number of ether oxygens (including phenoxy) is 1. The third-order valence-corrected chi connectivity index (χ3v) is 7.85. The number of nitrogens with zero attached hydrogens (tertiary/aromatic N) is 1. The Morgan fingerprint density at radius 2 is 2.17 bits per heavy atom. The molecule has 1 aromatic heterocycles. The Hall–Kier alpha value is -1.49. The highest BCUT2D eigenvalue weighted by Crippen LogP contribution is 2.67. The summed E-state index contributed by atoms with van der Waals surface area (Å²) in [5.41, 5.74) is 2.01. The second-order valence-corrected chi connectivity index (χ2v) is 8.88. The monoisotopic (exact) mass is 344 g/mol. The summed E-state index contributed by atoms with van der Waals surface area (Å²) >= 11 is 1.61. The molecular weight excluding hydrogens is 320 g/mol. The highest BCUT2D eigenvalue weighted by molar-refractivity contribution is 8.00. The Labute approximate surface area is 146 Å². The van der Waals surface area contributed by atoms with Gasteiger partial charge in [0, 0.05) is 12.0 Å². The number of aromatic nitrogens is 2. The predicted octanol–water partition coefficient (Wildman–Crippen LogP) is 4.45. The maximum atomic E-state index is 12.9. The molecule has 0 aliphatic heterocycles. The maximum absolute atomic E-state index is 12.9. The zero-order valence-corrected chi connectivity index (χ0v) is 15.5. The molecule has 0 unspecified atom stereocenters. The van der Waals surface area contributed by atoms with Crippen LogP contribution in [0.2, 0.25) is 0 Å². The Kier molecular flexibility index (Phi) is 3.50. The molecular formula is C19H24N2O2S. The highest BCUT2D eigenvalue weighted by atomic mass is 32.2. The summed E-state index contributed by atoms with van der Waals surface area (Å²) in [5, 5.41) is 0.833. The highest BCUT2D eigenvalue weighted by Gasteiger charge is 2.66. The first-order valence-corrected chi connectivity index (χ1v) is 9.58. The van der Waals surface area contributed by atoms with Crippen molar-refractivity contribution in [2.75, 3.05) is 6.61 Å². The Morgan fingerprint density at radius 1 is 1.38 bits per heavy atom. The van der Waals surface area contributed by atoms with Crippen molar-refractivity contribution in [2.45, 2.75) is 50.9 Å². The molecule has 2 fully saturated rings. The maximum Gasteiger partial charge on any atom is 0.167 e. The van der Waals surface area contributed by atoms with Gasteiger partial charge in [-0.25, -0.2) is 4.98 Å². The van der Waals surface area contributed by atoms with Gasteiger partial charge in [-0.3, -0.25) is 4.79 Å². The van der Waals surface area contributed by atoms with Crippen LogP contribution in [0.5, 0.6) is 5.75 Å². The molecule has 1 heterocycles. The number of aromatic amines is 1. The lowest BCUT2D eigenvalue weighted by Gasteiger charge is -2.37. The number of rotatable bonds is 4. The fourth-order valence-corrected chi connectivity index (χ4v) is 6.07. The minimum absolute atomic E-state index is 0.00169. The van der Waals surface area contributed by atoms with Crippen LogP contribution in [0.25, 0.3) is 11.0 Å². The number of thioether (sulfide) groups is 1. The average molecular weight is 344 g/mol. The minimum Gasteiger partial charge on any atom is -0.494 e. The number of benzene rings is 1. The molecule has 128 valence electrons. The van der Waals surface area contributed by atoms with E-state index in [1.165, 1.54) is 0 Å². The van der Waals surface area contributed by atoms with E-state index in [1.807, 2.05) is 25.1 Å². The second kappa shape index (κ2) is 5.25. The van der Waals surface area contributed by atoms with Gasteiger partial charge in [0.2, 0.25) is 0 Å². The largest absolute Gasteiger partial charge is 0.494 e. The Morgan fingerprint density at radius 3 is 2.83 bits per heavy atom. The molecule has 0 radical (unpaired) electrons. The van der Waals surface area contributed by atoms with Crippen LogP contribution in [0.1, 0.15) is 40.5 Å². The molecule has 4 rings (SSSR count). The van der Waals surface area contributed by atoms with E-state index in [9.17, 15) is 4.79 Å². The van der Waals surface area contributed by atoms with Crippen LogP contribution >= 0.6 is 11.8 Å². The molecule has 2 aliphatic carbocycles. The van der Waals surface area contributed by atoms with E-state index in [4.69, 9.17) is 4.74 Å². The molecule has 4 nitrogen and oxygen atoms in total. The van der Waals surface area contributed by atoms with Crippen molar-refractivity contribution in [1.29, 1.82) is 0 Å². The van der Waals surface area contributed by atoms with E-state index in [0.29, 0.717) is 12.4 Å². The smallest absolute Gasteiger partial charge is 0.167 e. The van der Waals surface area contributed by atoms with Crippen LogP contribution in [0.3, 0.4) is 0 Å². The number of hydrogen-bond acceptors (Lipinski definition) is 4. The number of carbonyl (C=O) groups excluding carboxylic acids is 1. The van der Waals surface area contributed by atoms with Crippen molar-refractivity contribution in [1.82, 2.24) is 9.97 Å². The molecule has 2 saturated carbocycles. The zero-order chi connectivity index (χ0) is 17.1. The van der Waals surface area contributed by atoms with Gasteiger partial charge in [-0.2, -0.15) is 0 Å². The molecule has 0 spiro atoms. The second-order valence-electron chi connectivity index (χ2n) is 7.78. The quantitative estimate of drug-likeness (QED) is 0.890. The van der Waals surface area contributed by atoms with Crippen LogP contribution in [-0.2, 0) is 4.79 Å². The first-order valence-electron chi connectivity index (χ1n) is 8.70. The summed E-state index contributed by atoms with van der Waals surface area (Å²) in [7, 11) is 0. The standard InChI is InChI=1S/C19H24N2O2S/c1-5-23-11-6-7-13-14(10-11)21-17(20-13)24-16-15(22)12-8-9-19(16,4)18(12,2)3/h6-7,10,12,16H,5,8-9H2,1-4H3,(H,20,21)/t12-,16+,19+/m1/s1. The van der Waals surface area contributed by atoms with E-state index in [0.717, 1.165) is 34.8 Å². The summed E-state index contributed by atoms with van der Waals surface area (Å²) in [6.07, 6.45) is 2.17. The third-order valence-electron chi connectivity index (χ3n) is 6.45. The molecule has 2 aromatic rings. The van der Waals surface area contributed by atoms with Gasteiger partial charge < -0.3 is 9.72 Å². The Bertz CT molecular complexity index is 813. The van der Waals surface area contributed by atoms with Gasteiger partial charge in [-0.05, 0) is 42.7 Å². The molecule has 1 aromatic carbocycles. The first kappa shape index (κ1) is 16.0. The minimum atomic E-state index is -0.00169. The van der Waals surface area contributed by atoms with Gasteiger partial charge in [0.25, 0.3) is 0 Å². The molecule has 24 heavy (non-hydrogen) atoms. The van der Waals surface area contributed by atoms with Crippen molar-refractivity contribution in [3.63, 3.8) is 0 Å². The van der Waals surface area contributed by atoms with Crippen LogP contribution in [0.4, 0.5) is 0 Å². The van der Waals surface area contributed by atoms with E-state index < -0.39 is 0 Å². The van der Waals surface area contributed by atoms with Crippen molar-refractivity contribution in [2.24, 2.45) is 16.7 Å². The number of ketones is 1. The summed E-state index contributed by atoms with van der Waals surface area (Å²) in [5.74, 6) is 1.46. The number of H-pyrrole nitrogens is 1. The lowest BCUT2D eigenvalue weighted by Crippen LogP contribution is -2.35. The molecule has 2 bridgehead atoms. The third kappa shape index (κ3) is 2.06. The SMILES string of the molecule is CCOc1ccc2nc(S[C@H]3C(=O)[C@H]4CC[C@]3(C)C4(C)C)[nH]c2c1. The molecule has 0 saturated heterocycles. The van der Waals surface area contributed by atoms with Gasteiger partial charge in [0.15, 0.2) is 5.16 Å². The first-order chi connectivity index (χ1) is 11.4. The van der Waals surface area contributed by atoms with E-state index in [1.54, 1.807) is 11.8 Å². The van der Waals surface area contributed by atoms with E-state index in [-0.39, 0.29) is 22.0 Å². The van der Waals surface area contributed by atoms with Crippen LogP contribution in [0.15, 0.2) is 23.4 Å². The molecule has 1 N–H and O–H groups in total. The average Bonchev–Trinajstić information content (AvgIpc) is 3.06. The number of imidazole rings is 1. The van der Waals surface area contributed by atoms with Gasteiger partial charge >= 0.3 is 0 Å². The summed E-state index contributed by atoms with van der Waals surface area (Å²) in [6.45, 7) is 9.42. The van der Waals surface area contributed by atoms with Crippen LogP contribution < -0.4 is 4.74 Å². The molecule has 5 heteroatoms. The lowest BCUT2D eigenvalue weighted by atomic mass is 9.71. The molecule has 0 amide bonds. The fraction of sp³-hybridized carbons (Fsp3) is 0.579. The van der Waals surface area contributed by atoms with E-state index >= 15 is 0 Å². The van der Waals surface area contributed by atoms with E-state index in [2.05, 4.69) is 30.7 Å². The number of nitrogens with one attached hydrogen (secondary N) is 1. The fourth-order valence-electron chi connectivity index (χ4n) is 4.57. The summed E-state index contributed by atoms with van der Waals surface area (Å²) in [6, 6.07) is 5.88. The van der Waals surface area contributed by atoms with Gasteiger partial charge in [0.1, 0.15) is 11.5 Å². The number of hydrogen-bond donors (Lipinski definition) is 1. The molecule has 3 atom stereocenters. The van der Waals surface area contributed by atoms with Crippen molar-refractivity contribution in [3.05, 3.63) is 18.2 Å². The van der Waals surface area contributed by atoms with Crippen molar-refractivity contribution >= 4 is 28.6 Å². The van der Waals surface area contributed by atoms with Gasteiger partial charge in [-0.1, -0.05) is 32.5 Å². The lowest BCUT2D eigenvalue weighted by molar-refractivity contribution is -0.122. The van der Waals surface area contributed by atoms with Crippen molar-refractivity contribution in [3.8, 4) is 5.75 Å². The van der Waals surface area contributed by atoms with Crippen LogP contribution in [-0.4, -0.2) is 27.6 Å². The van der Waals surface area contributed by atoms with Crippen molar-refractivity contribution < 1.29 is 9.53 Å². The predicted molar refractivity (Wildman–Crippen MR) is 96.5 cm³/mol. The topological polar surface area (TPSA) is 55.0 Å². The number of carbonyl (C=O) groups is 1. The number of fused-ring (bicyclic) bond motifs is 3. The normalized spacial score (nSPS) is 31.1. The summed E-state index contributed by atoms with van der Waals surface area (Å²) in [4.78, 5) is 20.9. The zero-order valence-electron chi connectivity index (χ0n) is 14.7. The number of Topliss-reactive ketones (excluding diaryl/α,β-unsaturated/α-hetero) is 1.